The second kappa shape index (κ2) is 5.50. The Morgan fingerprint density at radius 1 is 1.14 bits per heavy atom. The number of nitrogens with zero attached hydrogens (tertiary/aromatic N) is 1. The van der Waals surface area contributed by atoms with E-state index in [2.05, 4.69) is 0 Å². The minimum atomic E-state index is -4.11. The van der Waals surface area contributed by atoms with Crippen molar-refractivity contribution in [2.45, 2.75) is 31.2 Å². The molecule has 1 aromatic carbocycles. The Kier molecular flexibility index (Phi) is 3.84. The Morgan fingerprint density at radius 2 is 1.81 bits per heavy atom. The Morgan fingerprint density at radius 3 is 2.48 bits per heavy atom. The molecule has 6 heteroatoms. The van der Waals surface area contributed by atoms with Gasteiger partial charge in [-0.3, -0.25) is 4.90 Å². The highest BCUT2D eigenvalue weighted by atomic mass is 19.4. The molecule has 2 aliphatic heterocycles. The highest BCUT2D eigenvalue weighted by Gasteiger charge is 2.43. The summed E-state index contributed by atoms with van der Waals surface area (Å²) in [4.78, 5) is 1.92. The standard InChI is InChI=1S/C15H18F3NO2/c16-15(17,18)10-5-7-19(8-6-10)12-9-21-13-4-2-1-3-11(13)14(12)20/h1-4,10,12,14,20H,5-9H2. The van der Waals surface area contributed by atoms with E-state index in [9.17, 15) is 18.3 Å². The van der Waals surface area contributed by atoms with Crippen molar-refractivity contribution in [3.05, 3.63) is 29.8 Å². The molecule has 0 aliphatic carbocycles. The van der Waals surface area contributed by atoms with E-state index in [1.54, 1.807) is 12.1 Å². The Balaban J connectivity index is 1.67. The van der Waals surface area contributed by atoms with E-state index in [1.165, 1.54) is 0 Å². The van der Waals surface area contributed by atoms with Crippen LogP contribution in [0.5, 0.6) is 5.75 Å². The fourth-order valence-electron chi connectivity index (χ4n) is 3.19. The second-order valence-electron chi connectivity index (χ2n) is 5.71. The van der Waals surface area contributed by atoms with Crippen LogP contribution in [-0.2, 0) is 0 Å². The predicted octanol–water partition coefficient (Wildman–Crippen LogP) is 2.76. The molecule has 0 spiro atoms. The first-order valence-electron chi connectivity index (χ1n) is 7.17. The second-order valence-corrected chi connectivity index (χ2v) is 5.71. The maximum Gasteiger partial charge on any atom is 0.391 e. The molecule has 2 aliphatic rings. The first-order valence-corrected chi connectivity index (χ1v) is 7.17. The number of para-hydroxylation sites is 1. The molecule has 3 rings (SSSR count). The molecular formula is C15H18F3NO2. The molecule has 0 radical (unpaired) electrons. The van der Waals surface area contributed by atoms with Gasteiger partial charge in [0.05, 0.1) is 12.0 Å². The molecule has 1 saturated heterocycles. The van der Waals surface area contributed by atoms with Gasteiger partial charge in [0, 0.05) is 5.56 Å². The van der Waals surface area contributed by atoms with E-state index in [0.717, 1.165) is 0 Å². The molecule has 0 amide bonds. The van der Waals surface area contributed by atoms with Gasteiger partial charge in [0.2, 0.25) is 0 Å². The Bertz CT molecular complexity index is 498. The number of alkyl halides is 3. The third-order valence-electron chi connectivity index (χ3n) is 4.47. The largest absolute Gasteiger partial charge is 0.491 e. The van der Waals surface area contributed by atoms with Gasteiger partial charge >= 0.3 is 6.18 Å². The van der Waals surface area contributed by atoms with Crippen LogP contribution in [0, 0.1) is 5.92 Å². The normalized spacial score (nSPS) is 28.0. The Hall–Kier alpha value is -1.27. The molecule has 0 bridgehead atoms. The zero-order valence-corrected chi connectivity index (χ0v) is 11.5. The van der Waals surface area contributed by atoms with Gasteiger partial charge in [-0.1, -0.05) is 18.2 Å². The first kappa shape index (κ1) is 14.7. The number of hydrogen-bond donors (Lipinski definition) is 1. The van der Waals surface area contributed by atoms with Crippen molar-refractivity contribution in [3.63, 3.8) is 0 Å². The number of ether oxygens (including phenoxy) is 1. The number of rotatable bonds is 1. The van der Waals surface area contributed by atoms with Gasteiger partial charge in [0.25, 0.3) is 0 Å². The maximum atomic E-state index is 12.7. The van der Waals surface area contributed by atoms with E-state index >= 15 is 0 Å². The lowest BCUT2D eigenvalue weighted by Crippen LogP contribution is -2.50. The number of fused-ring (bicyclic) bond motifs is 1. The molecule has 0 saturated carbocycles. The Labute approximate surface area is 121 Å². The van der Waals surface area contributed by atoms with Crippen molar-refractivity contribution < 1.29 is 23.0 Å². The van der Waals surface area contributed by atoms with Crippen molar-refractivity contribution >= 4 is 0 Å². The maximum absolute atomic E-state index is 12.7. The number of likely N-dealkylation sites (tertiary alicyclic amines) is 1. The van der Waals surface area contributed by atoms with E-state index in [-0.39, 0.29) is 18.9 Å². The van der Waals surface area contributed by atoms with Crippen LogP contribution < -0.4 is 4.74 Å². The van der Waals surface area contributed by atoms with Crippen LogP contribution in [0.4, 0.5) is 13.2 Å². The topological polar surface area (TPSA) is 32.7 Å². The predicted molar refractivity (Wildman–Crippen MR) is 71.0 cm³/mol. The number of piperidine rings is 1. The highest BCUT2D eigenvalue weighted by molar-refractivity contribution is 5.37. The SMILES string of the molecule is OC1c2ccccc2OCC1N1CCC(C(F)(F)F)CC1. The summed E-state index contributed by atoms with van der Waals surface area (Å²) >= 11 is 0. The van der Waals surface area contributed by atoms with Crippen LogP contribution in [0.1, 0.15) is 24.5 Å². The fraction of sp³-hybridized carbons (Fsp3) is 0.600. The lowest BCUT2D eigenvalue weighted by atomic mass is 9.92. The smallest absolute Gasteiger partial charge is 0.391 e. The van der Waals surface area contributed by atoms with Gasteiger partial charge in [0.1, 0.15) is 18.5 Å². The number of halogens is 3. The van der Waals surface area contributed by atoms with Crippen LogP contribution in [0.3, 0.4) is 0 Å². The van der Waals surface area contributed by atoms with E-state index in [4.69, 9.17) is 4.74 Å². The molecule has 1 aromatic rings. The van der Waals surface area contributed by atoms with Crippen LogP contribution in [0.2, 0.25) is 0 Å². The molecule has 1 N–H and O–H groups in total. The minimum Gasteiger partial charge on any atom is -0.491 e. The van der Waals surface area contributed by atoms with E-state index < -0.39 is 18.2 Å². The summed E-state index contributed by atoms with van der Waals surface area (Å²) in [6.45, 7) is 1.00. The molecule has 116 valence electrons. The molecule has 1 fully saturated rings. The van der Waals surface area contributed by atoms with Crippen LogP contribution in [-0.4, -0.2) is 41.9 Å². The third-order valence-corrected chi connectivity index (χ3v) is 4.47. The summed E-state index contributed by atoms with van der Waals surface area (Å²) in [6.07, 6.45) is -4.64. The molecule has 2 atom stereocenters. The summed E-state index contributed by atoms with van der Waals surface area (Å²) in [6, 6.07) is 6.98. The summed E-state index contributed by atoms with van der Waals surface area (Å²) in [5, 5.41) is 10.5. The minimum absolute atomic E-state index is 0.0916. The average molecular weight is 301 g/mol. The number of aliphatic hydroxyl groups is 1. The van der Waals surface area contributed by atoms with Crippen LogP contribution in [0.25, 0.3) is 0 Å². The summed E-state index contributed by atoms with van der Waals surface area (Å²) in [5.41, 5.74) is 0.715. The average Bonchev–Trinajstić information content (AvgIpc) is 2.47. The van der Waals surface area contributed by atoms with Crippen molar-refractivity contribution in [1.82, 2.24) is 4.90 Å². The quantitative estimate of drug-likeness (QED) is 0.866. The van der Waals surface area contributed by atoms with Gasteiger partial charge in [-0.25, -0.2) is 0 Å². The van der Waals surface area contributed by atoms with Crippen molar-refractivity contribution in [2.75, 3.05) is 19.7 Å². The molecular weight excluding hydrogens is 283 g/mol. The van der Waals surface area contributed by atoms with Gasteiger partial charge in [-0.05, 0) is 32.0 Å². The van der Waals surface area contributed by atoms with Crippen molar-refractivity contribution in [2.24, 2.45) is 5.92 Å². The van der Waals surface area contributed by atoms with Gasteiger partial charge in [0.15, 0.2) is 0 Å². The molecule has 21 heavy (non-hydrogen) atoms. The van der Waals surface area contributed by atoms with Crippen LogP contribution >= 0.6 is 0 Å². The molecule has 2 heterocycles. The first-order chi connectivity index (χ1) is 9.97. The van der Waals surface area contributed by atoms with Crippen molar-refractivity contribution in [1.29, 1.82) is 0 Å². The zero-order chi connectivity index (χ0) is 15.0. The lowest BCUT2D eigenvalue weighted by molar-refractivity contribution is -0.187. The molecule has 0 aromatic heterocycles. The van der Waals surface area contributed by atoms with Crippen molar-refractivity contribution in [3.8, 4) is 5.75 Å². The van der Waals surface area contributed by atoms with Gasteiger partial charge in [-0.15, -0.1) is 0 Å². The highest BCUT2D eigenvalue weighted by Crippen LogP contribution is 2.38. The molecule has 2 unspecified atom stereocenters. The number of benzene rings is 1. The summed E-state index contributed by atoms with van der Waals surface area (Å²) < 4.78 is 43.7. The number of hydrogen-bond acceptors (Lipinski definition) is 3. The molecule has 3 nitrogen and oxygen atoms in total. The van der Waals surface area contributed by atoms with Gasteiger partial charge < -0.3 is 9.84 Å². The summed E-state index contributed by atoms with van der Waals surface area (Å²) in [7, 11) is 0. The lowest BCUT2D eigenvalue weighted by Gasteiger charge is -2.42. The van der Waals surface area contributed by atoms with E-state index in [0.29, 0.717) is 31.0 Å². The monoisotopic (exact) mass is 301 g/mol. The fourth-order valence-corrected chi connectivity index (χ4v) is 3.19. The summed E-state index contributed by atoms with van der Waals surface area (Å²) in [5.74, 6) is -0.561. The number of aliphatic hydroxyl groups excluding tert-OH is 1. The third kappa shape index (κ3) is 2.87. The zero-order valence-electron chi connectivity index (χ0n) is 11.5. The van der Waals surface area contributed by atoms with Crippen LogP contribution in [0.15, 0.2) is 24.3 Å². The van der Waals surface area contributed by atoms with E-state index in [1.807, 2.05) is 17.0 Å². The van der Waals surface area contributed by atoms with Gasteiger partial charge in [-0.2, -0.15) is 13.2 Å².